The summed E-state index contributed by atoms with van der Waals surface area (Å²) in [5.41, 5.74) is 10.4. The van der Waals surface area contributed by atoms with Crippen molar-refractivity contribution in [1.29, 1.82) is 0 Å². The number of ether oxygens (including phenoxy) is 2. The first-order valence-electron chi connectivity index (χ1n) is 11.0. The summed E-state index contributed by atoms with van der Waals surface area (Å²) in [6.45, 7) is 3.48. The smallest absolute Gasteiger partial charge is 0.247 e. The summed E-state index contributed by atoms with van der Waals surface area (Å²) in [7, 11) is 1.56. The number of anilines is 2. The van der Waals surface area contributed by atoms with E-state index in [4.69, 9.17) is 20.3 Å². The molecular weight excluding hydrogens is 432 g/mol. The van der Waals surface area contributed by atoms with Gasteiger partial charge in [-0.1, -0.05) is 18.7 Å². The highest BCUT2D eigenvalue weighted by atomic mass is 16.5. The standard InChI is InChI=1S/C25H24N6O3/c1-3-21(32)29-16-9-12-19(20(13-16)33-2)23-22(24-25(26)27-14-28-31(24)30-23)15-7-10-18(11-8-15)34-17-5-4-6-17/h3,7-14,17H,1,4-6H2,2H3,(H,29,32)(H2,26,27,28). The molecule has 2 aromatic carbocycles. The van der Waals surface area contributed by atoms with Crippen LogP contribution in [-0.2, 0) is 4.79 Å². The fraction of sp³-hybridized carbons (Fsp3) is 0.200. The first-order chi connectivity index (χ1) is 16.6. The Kier molecular flexibility index (Phi) is 5.59. The molecule has 0 saturated heterocycles. The lowest BCUT2D eigenvalue weighted by atomic mass is 9.96. The molecule has 2 aromatic heterocycles. The summed E-state index contributed by atoms with van der Waals surface area (Å²) in [4.78, 5) is 15.9. The number of carbonyl (C=O) groups excluding carboxylic acids is 1. The number of methoxy groups -OCH3 is 1. The predicted molar refractivity (Wildman–Crippen MR) is 130 cm³/mol. The zero-order valence-corrected chi connectivity index (χ0v) is 18.7. The Bertz CT molecular complexity index is 1380. The average molecular weight is 457 g/mol. The minimum atomic E-state index is -0.310. The normalized spacial score (nSPS) is 13.3. The number of fused-ring (bicyclic) bond motifs is 1. The van der Waals surface area contributed by atoms with E-state index in [1.807, 2.05) is 30.3 Å². The highest BCUT2D eigenvalue weighted by Crippen LogP contribution is 2.41. The number of nitrogens with zero attached hydrogens (tertiary/aromatic N) is 4. The number of nitrogen functional groups attached to an aromatic ring is 1. The monoisotopic (exact) mass is 456 g/mol. The number of nitrogens with one attached hydrogen (secondary N) is 1. The highest BCUT2D eigenvalue weighted by Gasteiger charge is 2.23. The lowest BCUT2D eigenvalue weighted by Crippen LogP contribution is -2.24. The summed E-state index contributed by atoms with van der Waals surface area (Å²) in [5.74, 6) is 1.36. The maximum absolute atomic E-state index is 11.7. The van der Waals surface area contributed by atoms with E-state index in [-0.39, 0.29) is 5.91 Å². The van der Waals surface area contributed by atoms with E-state index in [1.165, 1.54) is 23.5 Å². The van der Waals surface area contributed by atoms with Crippen molar-refractivity contribution in [2.24, 2.45) is 0 Å². The molecule has 1 aliphatic rings. The van der Waals surface area contributed by atoms with Gasteiger partial charge in [0.05, 0.1) is 13.2 Å². The molecule has 0 radical (unpaired) electrons. The molecule has 1 aliphatic carbocycles. The Hall–Kier alpha value is -4.40. The third-order valence-electron chi connectivity index (χ3n) is 5.88. The minimum absolute atomic E-state index is 0.298. The number of amides is 1. The molecule has 4 aromatic rings. The van der Waals surface area contributed by atoms with Crippen molar-refractivity contribution in [1.82, 2.24) is 19.8 Å². The number of nitrogens with two attached hydrogens (primary N) is 1. The molecule has 5 rings (SSSR count). The Morgan fingerprint density at radius 1 is 1.24 bits per heavy atom. The van der Waals surface area contributed by atoms with Gasteiger partial charge in [0.25, 0.3) is 0 Å². The molecule has 0 unspecified atom stereocenters. The van der Waals surface area contributed by atoms with Gasteiger partial charge in [-0.2, -0.15) is 0 Å². The highest BCUT2D eigenvalue weighted by molar-refractivity contribution is 6.00. The van der Waals surface area contributed by atoms with Gasteiger partial charge in [0.1, 0.15) is 29.0 Å². The SMILES string of the molecule is C=CC(=O)Nc1ccc(-c2nn3ncnc(N)c3c2-c2ccc(OC3CCC3)cc2)c(OC)c1. The largest absolute Gasteiger partial charge is 0.496 e. The quantitative estimate of drug-likeness (QED) is 0.402. The first-order valence-corrected chi connectivity index (χ1v) is 11.0. The van der Waals surface area contributed by atoms with Gasteiger partial charge >= 0.3 is 0 Å². The fourth-order valence-corrected chi connectivity index (χ4v) is 3.92. The van der Waals surface area contributed by atoms with Gasteiger partial charge in [-0.15, -0.1) is 14.8 Å². The summed E-state index contributed by atoms with van der Waals surface area (Å²) in [6.07, 6.45) is 6.27. The number of aromatic nitrogens is 4. The van der Waals surface area contributed by atoms with E-state index >= 15 is 0 Å². The Morgan fingerprint density at radius 3 is 2.71 bits per heavy atom. The van der Waals surface area contributed by atoms with E-state index in [9.17, 15) is 4.79 Å². The third kappa shape index (κ3) is 3.92. The van der Waals surface area contributed by atoms with Crippen LogP contribution in [0.25, 0.3) is 27.9 Å². The molecular formula is C25H24N6O3. The van der Waals surface area contributed by atoms with Crippen LogP contribution < -0.4 is 20.5 Å². The second-order valence-corrected chi connectivity index (χ2v) is 8.01. The van der Waals surface area contributed by atoms with E-state index < -0.39 is 0 Å². The van der Waals surface area contributed by atoms with Crippen molar-refractivity contribution in [3.63, 3.8) is 0 Å². The maximum Gasteiger partial charge on any atom is 0.247 e. The van der Waals surface area contributed by atoms with Crippen molar-refractivity contribution in [2.45, 2.75) is 25.4 Å². The van der Waals surface area contributed by atoms with Gasteiger partial charge in [0.15, 0.2) is 5.82 Å². The summed E-state index contributed by atoms with van der Waals surface area (Å²) in [5, 5.41) is 11.7. The average Bonchev–Trinajstić information content (AvgIpc) is 3.22. The third-order valence-corrected chi connectivity index (χ3v) is 5.88. The molecule has 3 N–H and O–H groups in total. The predicted octanol–water partition coefficient (Wildman–Crippen LogP) is 4.10. The van der Waals surface area contributed by atoms with Crippen LogP contribution in [-0.4, -0.2) is 38.9 Å². The van der Waals surface area contributed by atoms with Gasteiger partial charge in [-0.25, -0.2) is 4.98 Å². The second-order valence-electron chi connectivity index (χ2n) is 8.01. The molecule has 0 bridgehead atoms. The fourth-order valence-electron chi connectivity index (χ4n) is 3.92. The van der Waals surface area contributed by atoms with E-state index in [1.54, 1.807) is 19.2 Å². The minimum Gasteiger partial charge on any atom is -0.496 e. The molecule has 172 valence electrons. The number of carbonyl (C=O) groups is 1. The summed E-state index contributed by atoms with van der Waals surface area (Å²) >= 11 is 0. The van der Waals surface area contributed by atoms with Crippen molar-refractivity contribution in [3.8, 4) is 33.9 Å². The molecule has 0 aliphatic heterocycles. The van der Waals surface area contributed by atoms with Crippen LogP contribution in [0.3, 0.4) is 0 Å². The van der Waals surface area contributed by atoms with E-state index in [2.05, 4.69) is 22.0 Å². The lowest BCUT2D eigenvalue weighted by Gasteiger charge is -2.26. The van der Waals surface area contributed by atoms with Crippen molar-refractivity contribution in [3.05, 3.63) is 61.4 Å². The van der Waals surface area contributed by atoms with Crippen LogP contribution >= 0.6 is 0 Å². The van der Waals surface area contributed by atoms with Crippen LogP contribution in [0.5, 0.6) is 11.5 Å². The van der Waals surface area contributed by atoms with Gasteiger partial charge in [0.2, 0.25) is 5.91 Å². The van der Waals surface area contributed by atoms with Gasteiger partial charge in [-0.05, 0) is 55.2 Å². The van der Waals surface area contributed by atoms with Crippen molar-refractivity contribution >= 4 is 22.9 Å². The van der Waals surface area contributed by atoms with Gasteiger partial charge in [0, 0.05) is 22.9 Å². The zero-order valence-electron chi connectivity index (χ0n) is 18.7. The van der Waals surface area contributed by atoms with Crippen LogP contribution in [0.1, 0.15) is 19.3 Å². The first kappa shape index (κ1) is 21.4. The van der Waals surface area contributed by atoms with Crippen LogP contribution in [0.15, 0.2) is 61.4 Å². The number of rotatable bonds is 7. The Morgan fingerprint density at radius 2 is 2.03 bits per heavy atom. The van der Waals surface area contributed by atoms with Crippen molar-refractivity contribution in [2.75, 3.05) is 18.2 Å². The molecule has 0 atom stereocenters. The van der Waals surface area contributed by atoms with Gasteiger partial charge in [-0.3, -0.25) is 4.79 Å². The lowest BCUT2D eigenvalue weighted by molar-refractivity contribution is -0.111. The second kappa shape index (κ2) is 8.86. The molecule has 1 fully saturated rings. The molecule has 1 amide bonds. The van der Waals surface area contributed by atoms with Crippen molar-refractivity contribution < 1.29 is 14.3 Å². The van der Waals surface area contributed by atoms with E-state index in [0.717, 1.165) is 29.7 Å². The Labute approximate surface area is 196 Å². The van der Waals surface area contributed by atoms with Crippen LogP contribution in [0.4, 0.5) is 11.5 Å². The zero-order chi connectivity index (χ0) is 23.7. The van der Waals surface area contributed by atoms with E-state index in [0.29, 0.717) is 40.1 Å². The molecule has 9 nitrogen and oxygen atoms in total. The molecule has 9 heteroatoms. The maximum atomic E-state index is 11.7. The van der Waals surface area contributed by atoms with Crippen LogP contribution in [0, 0.1) is 0 Å². The topological polar surface area (TPSA) is 117 Å². The van der Waals surface area contributed by atoms with Gasteiger partial charge < -0.3 is 20.5 Å². The van der Waals surface area contributed by atoms with Crippen LogP contribution in [0.2, 0.25) is 0 Å². The number of hydrogen-bond acceptors (Lipinski definition) is 7. The summed E-state index contributed by atoms with van der Waals surface area (Å²) in [6, 6.07) is 13.2. The Balaban J connectivity index is 1.62. The number of hydrogen-bond donors (Lipinski definition) is 2. The molecule has 0 spiro atoms. The molecule has 34 heavy (non-hydrogen) atoms. The number of benzene rings is 2. The molecule has 1 saturated carbocycles. The molecule has 2 heterocycles. The summed E-state index contributed by atoms with van der Waals surface area (Å²) < 4.78 is 13.1.